The molecule has 0 unspecified atom stereocenters. The number of benzene rings is 4. The average Bonchev–Trinajstić information content (AvgIpc) is 2.73. The van der Waals surface area contributed by atoms with Crippen LogP contribution in [0.3, 0.4) is 0 Å². The Morgan fingerprint density at radius 2 is 1.37 bits per heavy atom. The summed E-state index contributed by atoms with van der Waals surface area (Å²) in [7, 11) is 0. The molecule has 27 heavy (non-hydrogen) atoms. The molecule has 128 valence electrons. The van der Waals surface area contributed by atoms with Crippen LogP contribution in [-0.2, 0) is 0 Å². The Morgan fingerprint density at radius 1 is 0.593 bits per heavy atom. The number of halogens is 1. The summed E-state index contributed by atoms with van der Waals surface area (Å²) in [6.07, 6.45) is 0. The molecule has 0 saturated carbocycles. The highest BCUT2D eigenvalue weighted by Crippen LogP contribution is 2.34. The van der Waals surface area contributed by atoms with E-state index in [4.69, 9.17) is 11.6 Å². The van der Waals surface area contributed by atoms with Crippen LogP contribution >= 0.6 is 11.6 Å². The Labute approximate surface area is 162 Å². The fourth-order valence-corrected chi connectivity index (χ4v) is 3.72. The molecule has 1 heterocycles. The maximum atomic E-state index is 6.26. The first-order valence-electron chi connectivity index (χ1n) is 8.80. The van der Waals surface area contributed by atoms with Gasteiger partial charge in [-0.05, 0) is 45.6 Å². The highest BCUT2D eigenvalue weighted by Gasteiger charge is 2.13. The fraction of sp³-hybridized carbons (Fsp3) is 0. The highest BCUT2D eigenvalue weighted by atomic mass is 35.5. The molecule has 0 radical (unpaired) electrons. The fourth-order valence-electron chi connectivity index (χ4n) is 3.55. The number of nitrogens with zero attached hydrogens (tertiary/aromatic N) is 2. The van der Waals surface area contributed by atoms with Gasteiger partial charge in [-0.15, -0.1) is 0 Å². The van der Waals surface area contributed by atoms with Crippen LogP contribution in [0.1, 0.15) is 0 Å². The van der Waals surface area contributed by atoms with Crippen molar-refractivity contribution in [2.45, 2.75) is 0 Å². The van der Waals surface area contributed by atoms with Gasteiger partial charge in [0.25, 0.3) is 0 Å². The summed E-state index contributed by atoms with van der Waals surface area (Å²) >= 11 is 6.26. The zero-order chi connectivity index (χ0) is 18.2. The number of hydrogen-bond acceptors (Lipinski definition) is 2. The van der Waals surface area contributed by atoms with Gasteiger partial charge < -0.3 is 0 Å². The molecule has 0 fully saturated rings. The lowest BCUT2D eigenvalue weighted by molar-refractivity contribution is 1.23. The number of fused-ring (bicyclic) bond motifs is 2. The minimum atomic E-state index is 0.262. The van der Waals surface area contributed by atoms with E-state index in [1.54, 1.807) is 0 Å². The molecular weight excluding hydrogens is 352 g/mol. The van der Waals surface area contributed by atoms with Crippen molar-refractivity contribution >= 4 is 33.3 Å². The molecule has 0 bridgehead atoms. The lowest BCUT2D eigenvalue weighted by Crippen LogP contribution is -1.93. The molecular formula is C24H15ClN2. The summed E-state index contributed by atoms with van der Waals surface area (Å²) in [6.45, 7) is 0. The van der Waals surface area contributed by atoms with Crippen molar-refractivity contribution in [3.8, 4) is 22.4 Å². The molecule has 5 aromatic rings. The third-order valence-electron chi connectivity index (χ3n) is 4.82. The van der Waals surface area contributed by atoms with Crippen LogP contribution in [0, 0.1) is 0 Å². The second-order valence-corrected chi connectivity index (χ2v) is 6.80. The van der Waals surface area contributed by atoms with Gasteiger partial charge in [-0.1, -0.05) is 78.9 Å². The predicted molar refractivity (Wildman–Crippen MR) is 113 cm³/mol. The van der Waals surface area contributed by atoms with Crippen LogP contribution in [0.4, 0.5) is 0 Å². The third-order valence-corrected chi connectivity index (χ3v) is 4.99. The van der Waals surface area contributed by atoms with E-state index in [-0.39, 0.29) is 5.28 Å². The van der Waals surface area contributed by atoms with E-state index < -0.39 is 0 Å². The number of rotatable bonds is 2. The van der Waals surface area contributed by atoms with E-state index in [1.165, 1.54) is 10.9 Å². The summed E-state index contributed by atoms with van der Waals surface area (Å²) in [5, 5.41) is 3.59. The van der Waals surface area contributed by atoms with Gasteiger partial charge in [0.05, 0.1) is 11.2 Å². The van der Waals surface area contributed by atoms with E-state index in [0.29, 0.717) is 0 Å². The maximum absolute atomic E-state index is 6.26. The minimum absolute atomic E-state index is 0.262. The first kappa shape index (κ1) is 16.0. The molecule has 3 heteroatoms. The summed E-state index contributed by atoms with van der Waals surface area (Å²) < 4.78 is 0. The first-order chi connectivity index (χ1) is 13.3. The van der Waals surface area contributed by atoms with Crippen molar-refractivity contribution in [3.63, 3.8) is 0 Å². The largest absolute Gasteiger partial charge is 0.223 e. The van der Waals surface area contributed by atoms with Crippen molar-refractivity contribution in [3.05, 3.63) is 96.3 Å². The molecule has 0 aliphatic carbocycles. The SMILES string of the molecule is Clc1nc(-c2cccc3ccccc23)c2cc(-c3ccccc3)ccc2n1. The Balaban J connectivity index is 1.83. The van der Waals surface area contributed by atoms with Gasteiger partial charge in [0.15, 0.2) is 0 Å². The standard InChI is InChI=1S/C24H15ClN2/c25-24-26-22-14-13-18(16-7-2-1-3-8-16)15-21(22)23(27-24)20-12-6-10-17-9-4-5-11-19(17)20/h1-15H. The number of aromatic nitrogens is 2. The average molecular weight is 367 g/mol. The van der Waals surface area contributed by atoms with E-state index in [9.17, 15) is 0 Å². The van der Waals surface area contributed by atoms with Crippen LogP contribution in [-0.4, -0.2) is 9.97 Å². The molecule has 0 aliphatic rings. The van der Waals surface area contributed by atoms with Crippen molar-refractivity contribution in [1.82, 2.24) is 9.97 Å². The van der Waals surface area contributed by atoms with Gasteiger partial charge in [0.1, 0.15) is 0 Å². The van der Waals surface area contributed by atoms with Gasteiger partial charge in [-0.2, -0.15) is 0 Å². The molecule has 0 saturated heterocycles. The van der Waals surface area contributed by atoms with Crippen molar-refractivity contribution in [2.24, 2.45) is 0 Å². The molecule has 4 aromatic carbocycles. The third kappa shape index (κ3) is 2.84. The van der Waals surface area contributed by atoms with Crippen LogP contribution in [0.15, 0.2) is 91.0 Å². The molecule has 1 aromatic heterocycles. The quantitative estimate of drug-likeness (QED) is 0.322. The van der Waals surface area contributed by atoms with Crippen molar-refractivity contribution in [2.75, 3.05) is 0 Å². The maximum Gasteiger partial charge on any atom is 0.223 e. The lowest BCUT2D eigenvalue weighted by atomic mass is 9.97. The summed E-state index contributed by atoms with van der Waals surface area (Å²) in [6, 6.07) is 31.2. The van der Waals surface area contributed by atoms with Crippen LogP contribution in [0.5, 0.6) is 0 Å². The number of hydrogen-bond donors (Lipinski definition) is 0. The Hall–Kier alpha value is -3.23. The smallest absolute Gasteiger partial charge is 0.218 e. The van der Waals surface area contributed by atoms with Gasteiger partial charge in [0.2, 0.25) is 5.28 Å². The second-order valence-electron chi connectivity index (χ2n) is 6.47. The van der Waals surface area contributed by atoms with Crippen molar-refractivity contribution < 1.29 is 0 Å². The van der Waals surface area contributed by atoms with E-state index in [1.807, 2.05) is 36.4 Å². The highest BCUT2D eigenvalue weighted by molar-refractivity contribution is 6.29. The normalized spacial score (nSPS) is 11.1. The molecule has 0 atom stereocenters. The molecule has 2 nitrogen and oxygen atoms in total. The second kappa shape index (κ2) is 6.49. The van der Waals surface area contributed by atoms with Gasteiger partial charge in [0, 0.05) is 10.9 Å². The zero-order valence-electron chi connectivity index (χ0n) is 14.4. The molecule has 0 aliphatic heterocycles. The van der Waals surface area contributed by atoms with Crippen LogP contribution in [0.25, 0.3) is 44.1 Å². The Bertz CT molecular complexity index is 1270. The summed E-state index contributed by atoms with van der Waals surface area (Å²) in [4.78, 5) is 9.04. The van der Waals surface area contributed by atoms with E-state index in [0.717, 1.165) is 33.1 Å². The summed E-state index contributed by atoms with van der Waals surface area (Å²) in [5.74, 6) is 0. The van der Waals surface area contributed by atoms with Gasteiger partial charge in [-0.25, -0.2) is 9.97 Å². The molecule has 0 amide bonds. The van der Waals surface area contributed by atoms with Gasteiger partial charge >= 0.3 is 0 Å². The monoisotopic (exact) mass is 366 g/mol. The van der Waals surface area contributed by atoms with Crippen LogP contribution in [0.2, 0.25) is 5.28 Å². The van der Waals surface area contributed by atoms with Crippen LogP contribution < -0.4 is 0 Å². The van der Waals surface area contributed by atoms with Crippen molar-refractivity contribution in [1.29, 1.82) is 0 Å². The Kier molecular flexibility index (Phi) is 3.84. The molecule has 0 N–H and O–H groups in total. The zero-order valence-corrected chi connectivity index (χ0v) is 15.2. The summed E-state index contributed by atoms with van der Waals surface area (Å²) in [5.41, 5.74) is 5.07. The molecule has 0 spiro atoms. The lowest BCUT2D eigenvalue weighted by Gasteiger charge is -2.11. The minimum Gasteiger partial charge on any atom is -0.218 e. The van der Waals surface area contributed by atoms with Gasteiger partial charge in [-0.3, -0.25) is 0 Å². The molecule has 5 rings (SSSR count). The Morgan fingerprint density at radius 3 is 2.26 bits per heavy atom. The first-order valence-corrected chi connectivity index (χ1v) is 9.18. The topological polar surface area (TPSA) is 25.8 Å². The van der Waals surface area contributed by atoms with E-state index in [2.05, 4.69) is 64.6 Å². The predicted octanol–water partition coefficient (Wildman–Crippen LogP) is 6.77. The van der Waals surface area contributed by atoms with E-state index >= 15 is 0 Å².